The largest absolute Gasteiger partial charge is 0.385 e. The molecule has 1 fully saturated rings. The first-order valence-corrected chi connectivity index (χ1v) is 11.6. The lowest BCUT2D eigenvalue weighted by molar-refractivity contribution is -0.126. The molecular formula is C24H29ClN6O2. The van der Waals surface area contributed by atoms with E-state index < -0.39 is 0 Å². The van der Waals surface area contributed by atoms with Crippen LogP contribution in [0.4, 0.5) is 5.95 Å². The number of carbonyl (C=O) groups is 2. The van der Waals surface area contributed by atoms with Crippen LogP contribution in [0.1, 0.15) is 32.2 Å². The van der Waals surface area contributed by atoms with Gasteiger partial charge in [0.1, 0.15) is 0 Å². The Labute approximate surface area is 198 Å². The van der Waals surface area contributed by atoms with Crippen LogP contribution in [0.15, 0.2) is 54.3 Å². The number of hydrogen-bond acceptors (Lipinski definition) is 5. The minimum absolute atomic E-state index is 0.0621. The second kappa shape index (κ2) is 10.2. The maximum atomic E-state index is 13.0. The Kier molecular flexibility index (Phi) is 7.15. The first-order valence-electron chi connectivity index (χ1n) is 11.3. The van der Waals surface area contributed by atoms with Gasteiger partial charge in [-0.2, -0.15) is 0 Å². The molecule has 1 saturated heterocycles. The van der Waals surface area contributed by atoms with Gasteiger partial charge in [-0.25, -0.2) is 4.98 Å². The minimum Gasteiger partial charge on any atom is -0.385 e. The number of aromatic nitrogens is 2. The lowest BCUT2D eigenvalue weighted by Crippen LogP contribution is -2.35. The second-order valence-corrected chi connectivity index (χ2v) is 8.76. The number of benzene rings is 1. The number of likely N-dealkylation sites (tertiary alicyclic amines) is 1. The van der Waals surface area contributed by atoms with Crippen LogP contribution in [0, 0.1) is 0 Å². The zero-order chi connectivity index (χ0) is 23.4. The van der Waals surface area contributed by atoms with Gasteiger partial charge in [-0.15, -0.1) is 0 Å². The predicted octanol–water partition coefficient (Wildman–Crippen LogP) is 3.13. The molecule has 2 atom stereocenters. The van der Waals surface area contributed by atoms with E-state index in [2.05, 4.69) is 10.6 Å². The van der Waals surface area contributed by atoms with Crippen molar-refractivity contribution in [1.82, 2.24) is 19.8 Å². The molecule has 2 aliphatic heterocycles. The maximum absolute atomic E-state index is 13.0. The number of nitrogens with one attached hydrogen (secondary N) is 2. The quantitative estimate of drug-likeness (QED) is 0.585. The zero-order valence-electron chi connectivity index (χ0n) is 18.6. The highest BCUT2D eigenvalue weighted by atomic mass is 35.5. The van der Waals surface area contributed by atoms with E-state index in [0.29, 0.717) is 41.7 Å². The molecule has 1 unspecified atom stereocenters. The van der Waals surface area contributed by atoms with Crippen molar-refractivity contribution in [2.75, 3.05) is 25.0 Å². The molecule has 2 amide bonds. The topological polar surface area (TPSA) is 105 Å². The number of nitrogens with two attached hydrogens (primary N) is 1. The Morgan fingerprint density at radius 2 is 2.21 bits per heavy atom. The van der Waals surface area contributed by atoms with Gasteiger partial charge < -0.3 is 20.5 Å². The number of hydrogen-bond donors (Lipinski definition) is 3. The number of rotatable bonds is 5. The minimum atomic E-state index is -0.236. The number of dihydropyridines is 1. The number of nitrogens with zero attached hydrogens (tertiary/aromatic N) is 3. The van der Waals surface area contributed by atoms with Gasteiger partial charge in [0.15, 0.2) is 0 Å². The van der Waals surface area contributed by atoms with E-state index in [0.717, 1.165) is 24.8 Å². The lowest BCUT2D eigenvalue weighted by Gasteiger charge is -2.26. The highest BCUT2D eigenvalue weighted by Crippen LogP contribution is 2.34. The van der Waals surface area contributed by atoms with E-state index >= 15 is 0 Å². The number of imidazole rings is 1. The van der Waals surface area contributed by atoms with E-state index in [9.17, 15) is 9.59 Å². The maximum Gasteiger partial charge on any atom is 0.257 e. The molecule has 1 aromatic heterocycles. The van der Waals surface area contributed by atoms with E-state index in [-0.39, 0.29) is 23.9 Å². The van der Waals surface area contributed by atoms with Gasteiger partial charge in [-0.3, -0.25) is 14.9 Å². The average Bonchev–Trinajstić information content (AvgIpc) is 2.99. The molecule has 1 aromatic carbocycles. The van der Waals surface area contributed by atoms with Crippen molar-refractivity contribution in [2.45, 2.75) is 38.3 Å². The molecule has 0 saturated carbocycles. The van der Waals surface area contributed by atoms with Crippen LogP contribution in [0.5, 0.6) is 0 Å². The highest BCUT2D eigenvalue weighted by molar-refractivity contribution is 6.35. The lowest BCUT2D eigenvalue weighted by atomic mass is 10.1. The normalized spacial score (nSPS) is 21.1. The zero-order valence-corrected chi connectivity index (χ0v) is 19.4. The molecule has 0 radical (unpaired) electrons. The van der Waals surface area contributed by atoms with Crippen LogP contribution in [-0.4, -0.2) is 51.9 Å². The number of halogens is 1. The first kappa shape index (κ1) is 23.1. The number of carbonyl (C=O) groups excluding carboxylic acids is 2. The number of anilines is 1. The van der Waals surface area contributed by atoms with Crippen LogP contribution < -0.4 is 16.4 Å². The molecule has 174 valence electrons. The van der Waals surface area contributed by atoms with Gasteiger partial charge >= 0.3 is 0 Å². The summed E-state index contributed by atoms with van der Waals surface area (Å²) in [6.07, 6.45) is 11.3. The first-order chi connectivity index (χ1) is 16.0. The summed E-state index contributed by atoms with van der Waals surface area (Å²) in [6, 6.07) is 5.51. The third-order valence-electron chi connectivity index (χ3n) is 5.92. The highest BCUT2D eigenvalue weighted by Gasteiger charge is 2.27. The molecule has 0 aliphatic carbocycles. The van der Waals surface area contributed by atoms with Crippen LogP contribution in [0.2, 0.25) is 5.02 Å². The summed E-state index contributed by atoms with van der Waals surface area (Å²) in [6.45, 7) is 3.47. The van der Waals surface area contributed by atoms with Crippen LogP contribution >= 0.6 is 11.6 Å². The Morgan fingerprint density at radius 1 is 1.36 bits per heavy atom. The van der Waals surface area contributed by atoms with E-state index in [1.54, 1.807) is 18.4 Å². The van der Waals surface area contributed by atoms with Crippen molar-refractivity contribution in [3.63, 3.8) is 0 Å². The molecule has 4 rings (SSSR count). The van der Waals surface area contributed by atoms with Gasteiger partial charge in [0.2, 0.25) is 11.9 Å². The van der Waals surface area contributed by atoms with Crippen molar-refractivity contribution < 1.29 is 9.59 Å². The van der Waals surface area contributed by atoms with Gasteiger partial charge in [-0.1, -0.05) is 23.7 Å². The third kappa shape index (κ3) is 5.12. The Balaban J connectivity index is 1.71. The fraction of sp³-hybridized carbons (Fsp3) is 0.375. The predicted molar refractivity (Wildman–Crippen MR) is 131 cm³/mol. The SMILES string of the molecule is CC1C=C(C(=O)Nc2nc3cccc(Cl)c3n2[C@@H]2CCCCN(C(=O)/C=C/CN)C2)C=CN1. The molecular weight excluding hydrogens is 440 g/mol. The summed E-state index contributed by atoms with van der Waals surface area (Å²) < 4.78 is 1.99. The van der Waals surface area contributed by atoms with Gasteiger partial charge in [-0.05, 0) is 56.7 Å². The molecule has 33 heavy (non-hydrogen) atoms. The van der Waals surface area contributed by atoms with Crippen LogP contribution in [-0.2, 0) is 9.59 Å². The van der Waals surface area contributed by atoms with Gasteiger partial charge in [0.05, 0.1) is 22.1 Å². The van der Waals surface area contributed by atoms with Crippen LogP contribution in [0.25, 0.3) is 11.0 Å². The summed E-state index contributed by atoms with van der Waals surface area (Å²) in [4.78, 5) is 32.3. The molecule has 0 spiro atoms. The summed E-state index contributed by atoms with van der Waals surface area (Å²) in [5.74, 6) is 0.132. The summed E-state index contributed by atoms with van der Waals surface area (Å²) >= 11 is 6.60. The molecule has 0 bridgehead atoms. The van der Waals surface area contributed by atoms with E-state index in [4.69, 9.17) is 22.3 Å². The number of fused-ring (bicyclic) bond motifs is 1. The fourth-order valence-electron chi connectivity index (χ4n) is 4.34. The number of para-hydroxylation sites is 1. The monoisotopic (exact) mass is 468 g/mol. The van der Waals surface area contributed by atoms with Crippen molar-refractivity contribution in [3.05, 3.63) is 59.3 Å². The van der Waals surface area contributed by atoms with Crippen molar-refractivity contribution in [2.24, 2.45) is 5.73 Å². The van der Waals surface area contributed by atoms with E-state index in [1.165, 1.54) is 6.08 Å². The Bertz CT molecular complexity index is 1140. The number of amides is 2. The third-order valence-corrected chi connectivity index (χ3v) is 6.22. The fourth-order valence-corrected chi connectivity index (χ4v) is 4.60. The van der Waals surface area contributed by atoms with Crippen molar-refractivity contribution >= 4 is 40.4 Å². The van der Waals surface area contributed by atoms with Gasteiger partial charge in [0.25, 0.3) is 5.91 Å². The Hall–Kier alpha value is -3.10. The average molecular weight is 469 g/mol. The van der Waals surface area contributed by atoms with Gasteiger partial charge in [0, 0.05) is 37.3 Å². The standard InChI is InChI=1S/C24H29ClN6O2/c1-16-14-17(10-12-27-16)23(33)29-24-28-20-8-4-7-19(25)22(20)31(24)18-6-2-3-13-30(15-18)21(32)9-5-11-26/h4-5,7-10,12,14,16,18,27H,2-3,6,11,13,15,26H2,1H3,(H,28,29,33)/b9-5+/t16?,18-/m1/s1. The molecule has 8 nitrogen and oxygen atoms in total. The summed E-state index contributed by atoms with van der Waals surface area (Å²) in [7, 11) is 0. The Morgan fingerprint density at radius 3 is 3.00 bits per heavy atom. The molecule has 4 N–H and O–H groups in total. The molecule has 9 heteroatoms. The van der Waals surface area contributed by atoms with E-state index in [1.807, 2.05) is 40.7 Å². The van der Waals surface area contributed by atoms with Crippen molar-refractivity contribution in [3.8, 4) is 0 Å². The summed E-state index contributed by atoms with van der Waals surface area (Å²) in [5.41, 5.74) is 7.54. The van der Waals surface area contributed by atoms with Crippen molar-refractivity contribution in [1.29, 1.82) is 0 Å². The summed E-state index contributed by atoms with van der Waals surface area (Å²) in [5, 5.41) is 6.68. The smallest absolute Gasteiger partial charge is 0.257 e. The second-order valence-electron chi connectivity index (χ2n) is 8.35. The van der Waals surface area contributed by atoms with Crippen LogP contribution in [0.3, 0.4) is 0 Å². The molecule has 2 aliphatic rings. The molecule has 3 heterocycles. The molecule has 2 aromatic rings.